The van der Waals surface area contributed by atoms with Crippen molar-refractivity contribution in [3.05, 3.63) is 0 Å². The van der Waals surface area contributed by atoms with Crippen LogP contribution in [0.2, 0.25) is 0 Å². The van der Waals surface area contributed by atoms with Crippen molar-refractivity contribution < 1.29 is 89.2 Å². The Labute approximate surface area is 208 Å². The lowest BCUT2D eigenvalue weighted by atomic mass is 9.88. The van der Waals surface area contributed by atoms with Crippen LogP contribution in [0.25, 0.3) is 0 Å². The third-order valence-corrected chi connectivity index (χ3v) is 5.68. The molecule has 0 aromatic rings. The van der Waals surface area contributed by atoms with E-state index in [0.717, 1.165) is 0 Å². The molecule has 0 spiro atoms. The molecule has 0 saturated carbocycles. The molecule has 39 heavy (non-hydrogen) atoms. The molecular formula is C19H20F16O4. The van der Waals surface area contributed by atoms with E-state index in [9.17, 15) is 70.2 Å². The standard InChI is InChI=1S/C19H20F16O4/c20-12(21)14(24,25)16(28,29)18(32,33)19(34,35)17(30,31)15(26,27)13(22,23)3-1-2-9(37-7-11-8-39-11)4-36-5-10-6-38-10/h9-12H,1-8H2. The molecule has 4 nitrogen and oxygen atoms in total. The van der Waals surface area contributed by atoms with E-state index in [1.54, 1.807) is 0 Å². The second-order valence-electron chi connectivity index (χ2n) is 8.80. The van der Waals surface area contributed by atoms with Gasteiger partial charge in [0.1, 0.15) is 12.2 Å². The van der Waals surface area contributed by atoms with E-state index in [0.29, 0.717) is 6.61 Å². The molecule has 232 valence electrons. The van der Waals surface area contributed by atoms with Gasteiger partial charge in [-0.2, -0.15) is 61.5 Å². The summed E-state index contributed by atoms with van der Waals surface area (Å²) < 4.78 is 234. The Morgan fingerprint density at radius 2 is 1.08 bits per heavy atom. The second-order valence-corrected chi connectivity index (χ2v) is 8.80. The SMILES string of the molecule is FC(F)C(F)(F)C(F)(F)C(F)(F)C(F)(F)C(F)(F)C(F)(F)C(F)(F)CCCC(COCC1CO1)OCC1CO1. The summed E-state index contributed by atoms with van der Waals surface area (Å²) >= 11 is 0. The number of alkyl halides is 16. The first-order valence-corrected chi connectivity index (χ1v) is 10.8. The van der Waals surface area contributed by atoms with E-state index in [1.807, 2.05) is 0 Å². The van der Waals surface area contributed by atoms with Gasteiger partial charge in [0, 0.05) is 6.42 Å². The zero-order valence-electron chi connectivity index (χ0n) is 19.1. The number of rotatable bonds is 18. The van der Waals surface area contributed by atoms with E-state index >= 15 is 0 Å². The molecule has 2 heterocycles. The van der Waals surface area contributed by atoms with Gasteiger partial charge in [-0.05, 0) is 12.8 Å². The average molecular weight is 616 g/mol. The van der Waals surface area contributed by atoms with Crippen LogP contribution in [0.1, 0.15) is 19.3 Å². The van der Waals surface area contributed by atoms with Gasteiger partial charge in [0.15, 0.2) is 0 Å². The fourth-order valence-corrected chi connectivity index (χ4v) is 2.99. The Morgan fingerprint density at radius 3 is 1.54 bits per heavy atom. The zero-order valence-corrected chi connectivity index (χ0v) is 19.1. The molecule has 2 fully saturated rings. The number of hydrogen-bond donors (Lipinski definition) is 0. The molecule has 2 saturated heterocycles. The summed E-state index contributed by atoms with van der Waals surface area (Å²) in [5.41, 5.74) is 0. The molecule has 0 bridgehead atoms. The highest BCUT2D eigenvalue weighted by molar-refractivity contribution is 5.14. The van der Waals surface area contributed by atoms with Crippen molar-refractivity contribution in [3.63, 3.8) is 0 Å². The molecule has 2 rings (SSSR count). The van der Waals surface area contributed by atoms with Crippen molar-refractivity contribution in [2.24, 2.45) is 0 Å². The molecule has 0 radical (unpaired) electrons. The lowest BCUT2D eigenvalue weighted by Gasteiger charge is -2.42. The normalized spacial score (nSPS) is 22.4. The number of ether oxygens (including phenoxy) is 4. The first kappa shape index (κ1) is 33.9. The topological polar surface area (TPSA) is 43.5 Å². The van der Waals surface area contributed by atoms with E-state index in [2.05, 4.69) is 0 Å². The monoisotopic (exact) mass is 616 g/mol. The Kier molecular flexibility index (Phi) is 9.73. The Morgan fingerprint density at radius 1 is 0.641 bits per heavy atom. The fourth-order valence-electron chi connectivity index (χ4n) is 2.99. The van der Waals surface area contributed by atoms with Crippen LogP contribution in [0.5, 0.6) is 0 Å². The van der Waals surface area contributed by atoms with Crippen LogP contribution in [0.15, 0.2) is 0 Å². The van der Waals surface area contributed by atoms with Gasteiger partial charge in [-0.1, -0.05) is 0 Å². The molecule has 2 aliphatic heterocycles. The first-order chi connectivity index (χ1) is 17.5. The van der Waals surface area contributed by atoms with Crippen LogP contribution in [0.4, 0.5) is 70.2 Å². The van der Waals surface area contributed by atoms with Crippen molar-refractivity contribution in [1.29, 1.82) is 0 Å². The van der Waals surface area contributed by atoms with Crippen molar-refractivity contribution in [1.82, 2.24) is 0 Å². The van der Waals surface area contributed by atoms with E-state index in [4.69, 9.17) is 18.9 Å². The quantitative estimate of drug-likeness (QED) is 0.139. The maximum atomic E-state index is 14.0. The smallest absolute Gasteiger partial charge is 0.376 e. The maximum Gasteiger partial charge on any atom is 0.384 e. The van der Waals surface area contributed by atoms with Gasteiger partial charge < -0.3 is 18.9 Å². The minimum absolute atomic E-state index is 0.00122. The summed E-state index contributed by atoms with van der Waals surface area (Å²) in [5.74, 6) is -54.3. The van der Waals surface area contributed by atoms with Gasteiger partial charge in [-0.25, -0.2) is 8.78 Å². The second kappa shape index (κ2) is 11.2. The summed E-state index contributed by atoms with van der Waals surface area (Å²) in [4.78, 5) is 0. The molecule has 20 heteroatoms. The summed E-state index contributed by atoms with van der Waals surface area (Å²) in [6.07, 6.45) is -12.1. The minimum Gasteiger partial charge on any atom is -0.376 e. The molecule has 2 aliphatic rings. The highest BCUT2D eigenvalue weighted by Crippen LogP contribution is 2.63. The highest BCUT2D eigenvalue weighted by atomic mass is 19.4. The zero-order chi connectivity index (χ0) is 30.3. The molecule has 3 unspecified atom stereocenters. The summed E-state index contributed by atoms with van der Waals surface area (Å²) in [6.45, 7) is 0.0783. The van der Waals surface area contributed by atoms with Crippen LogP contribution >= 0.6 is 0 Å². The predicted octanol–water partition coefficient (Wildman–Crippen LogP) is 6.07. The average Bonchev–Trinajstić information content (AvgIpc) is 3.71. The van der Waals surface area contributed by atoms with Gasteiger partial charge in [0.05, 0.1) is 39.1 Å². The summed E-state index contributed by atoms with van der Waals surface area (Å²) in [6, 6.07) is 0. The summed E-state index contributed by atoms with van der Waals surface area (Å²) in [7, 11) is 0. The largest absolute Gasteiger partial charge is 0.384 e. The first-order valence-electron chi connectivity index (χ1n) is 10.8. The molecular weight excluding hydrogens is 596 g/mol. The van der Waals surface area contributed by atoms with Crippen molar-refractivity contribution in [2.45, 2.75) is 85.5 Å². The molecule has 0 N–H and O–H groups in total. The molecule has 0 aliphatic carbocycles. The van der Waals surface area contributed by atoms with Crippen LogP contribution in [-0.2, 0) is 18.9 Å². The third-order valence-electron chi connectivity index (χ3n) is 5.68. The number of epoxide rings is 2. The van der Waals surface area contributed by atoms with Gasteiger partial charge in [0.25, 0.3) is 0 Å². The van der Waals surface area contributed by atoms with Crippen LogP contribution in [0.3, 0.4) is 0 Å². The van der Waals surface area contributed by atoms with Crippen molar-refractivity contribution in [2.75, 3.05) is 33.0 Å². The van der Waals surface area contributed by atoms with Crippen LogP contribution < -0.4 is 0 Å². The lowest BCUT2D eigenvalue weighted by molar-refractivity contribution is -0.447. The Bertz CT molecular complexity index is 813. The van der Waals surface area contributed by atoms with Gasteiger partial charge in [0.2, 0.25) is 0 Å². The van der Waals surface area contributed by atoms with Crippen LogP contribution in [-0.4, -0.2) is 99.2 Å². The van der Waals surface area contributed by atoms with E-state index in [-0.39, 0.29) is 32.5 Å². The van der Waals surface area contributed by atoms with E-state index in [1.165, 1.54) is 0 Å². The maximum absolute atomic E-state index is 14.0. The molecule has 0 aromatic carbocycles. The van der Waals surface area contributed by atoms with Crippen LogP contribution in [0, 0.1) is 0 Å². The fraction of sp³-hybridized carbons (Fsp3) is 1.00. The molecule has 3 atom stereocenters. The van der Waals surface area contributed by atoms with Gasteiger partial charge >= 0.3 is 47.9 Å². The van der Waals surface area contributed by atoms with Gasteiger partial charge in [-0.3, -0.25) is 0 Å². The number of halogens is 16. The third kappa shape index (κ3) is 6.47. The molecule has 0 aromatic heterocycles. The minimum atomic E-state index is -8.39. The number of hydrogen-bond acceptors (Lipinski definition) is 4. The van der Waals surface area contributed by atoms with Crippen molar-refractivity contribution >= 4 is 0 Å². The predicted molar refractivity (Wildman–Crippen MR) is 94.5 cm³/mol. The lowest BCUT2D eigenvalue weighted by Crippen LogP contribution is -2.73. The van der Waals surface area contributed by atoms with Crippen molar-refractivity contribution in [3.8, 4) is 0 Å². The molecule has 0 amide bonds. The Hall–Kier alpha value is -1.28. The highest BCUT2D eigenvalue weighted by Gasteiger charge is 2.93. The Balaban J connectivity index is 2.16. The van der Waals surface area contributed by atoms with Gasteiger partial charge in [-0.15, -0.1) is 0 Å². The van der Waals surface area contributed by atoms with E-state index < -0.39 is 79.4 Å². The summed E-state index contributed by atoms with van der Waals surface area (Å²) in [5, 5.41) is 0.